The maximum absolute atomic E-state index is 13.4. The van der Waals surface area contributed by atoms with Crippen LogP contribution in [0.15, 0.2) is 18.5 Å². The van der Waals surface area contributed by atoms with Crippen molar-refractivity contribution in [3.8, 4) is 0 Å². The van der Waals surface area contributed by atoms with Crippen LogP contribution in [0.4, 0.5) is 18.9 Å². The molecule has 0 bridgehead atoms. The Bertz CT molecular complexity index is 1110. The number of anilines is 1. The molecule has 2 aromatic heterocycles. The fourth-order valence-electron chi connectivity index (χ4n) is 5.53. The Morgan fingerprint density at radius 1 is 1.13 bits per heavy atom. The minimum atomic E-state index is -4.49. The molecule has 0 aromatic carbocycles. The monoisotopic (exact) mass is 556 g/mol. The number of halogens is 3. The van der Waals surface area contributed by atoms with Crippen LogP contribution in [0.3, 0.4) is 0 Å². The fraction of sp³-hybridized carbons (Fsp3) is 0.692. The van der Waals surface area contributed by atoms with E-state index in [2.05, 4.69) is 24.6 Å². The minimum absolute atomic E-state index is 0.0230. The van der Waals surface area contributed by atoms with Crippen molar-refractivity contribution >= 4 is 30.7 Å². The topological polar surface area (TPSA) is 69.1 Å². The fourth-order valence-corrected chi connectivity index (χ4v) is 6.28. The number of rotatable bonds is 10. The quantitative estimate of drug-likeness (QED) is 0.225. The number of alkyl halides is 3. The first kappa shape index (κ1) is 28.8. The van der Waals surface area contributed by atoms with Gasteiger partial charge in [0.1, 0.15) is 18.9 Å². The van der Waals surface area contributed by atoms with Gasteiger partial charge in [0.25, 0.3) is 5.91 Å². The highest BCUT2D eigenvalue weighted by molar-refractivity contribution is 6.76. The van der Waals surface area contributed by atoms with Gasteiger partial charge in [0, 0.05) is 58.6 Å². The van der Waals surface area contributed by atoms with Crippen LogP contribution in [0, 0.1) is 5.92 Å². The first-order valence-corrected chi connectivity index (χ1v) is 16.9. The minimum Gasteiger partial charge on any atom is -0.361 e. The van der Waals surface area contributed by atoms with Crippen molar-refractivity contribution in [3.63, 3.8) is 0 Å². The van der Waals surface area contributed by atoms with E-state index in [1.165, 1.54) is 6.20 Å². The van der Waals surface area contributed by atoms with Crippen molar-refractivity contribution in [1.82, 2.24) is 14.5 Å². The van der Waals surface area contributed by atoms with Gasteiger partial charge in [-0.2, -0.15) is 13.2 Å². The Balaban J connectivity index is 1.63. The third-order valence-corrected chi connectivity index (χ3v) is 9.22. The van der Waals surface area contributed by atoms with Crippen LogP contribution in [0.25, 0.3) is 11.0 Å². The summed E-state index contributed by atoms with van der Waals surface area (Å²) in [4.78, 5) is 20.6. The van der Waals surface area contributed by atoms with Crippen LogP contribution in [0.1, 0.15) is 36.0 Å². The summed E-state index contributed by atoms with van der Waals surface area (Å²) >= 11 is 0. The van der Waals surface area contributed by atoms with E-state index in [1.54, 1.807) is 14.2 Å². The average molecular weight is 557 g/mol. The van der Waals surface area contributed by atoms with Crippen molar-refractivity contribution in [2.45, 2.75) is 76.6 Å². The summed E-state index contributed by atoms with van der Waals surface area (Å²) in [5.41, 5.74) is 1.53. The summed E-state index contributed by atoms with van der Waals surface area (Å²) in [6.07, 6.45) is 1.64. The molecule has 8 nitrogen and oxygen atoms in total. The number of aromatic nitrogens is 2. The van der Waals surface area contributed by atoms with Gasteiger partial charge >= 0.3 is 6.18 Å². The zero-order valence-electron chi connectivity index (χ0n) is 22.9. The first-order chi connectivity index (χ1) is 17.9. The summed E-state index contributed by atoms with van der Waals surface area (Å²) in [7, 11) is 2.01. The molecule has 0 saturated heterocycles. The van der Waals surface area contributed by atoms with Crippen LogP contribution in [0.2, 0.25) is 25.7 Å². The van der Waals surface area contributed by atoms with Crippen molar-refractivity contribution in [1.29, 1.82) is 0 Å². The lowest BCUT2D eigenvalue weighted by Gasteiger charge is -2.45. The molecular weight excluding hydrogens is 517 g/mol. The molecule has 1 saturated carbocycles. The van der Waals surface area contributed by atoms with E-state index in [-0.39, 0.29) is 30.5 Å². The molecule has 0 spiro atoms. The maximum atomic E-state index is 13.4. The molecule has 12 heteroatoms. The molecule has 4 rings (SSSR count). The van der Waals surface area contributed by atoms with E-state index in [1.807, 2.05) is 21.7 Å². The molecule has 2 aromatic rings. The van der Waals surface area contributed by atoms with Crippen molar-refractivity contribution < 1.29 is 32.2 Å². The van der Waals surface area contributed by atoms with Crippen molar-refractivity contribution in [3.05, 3.63) is 24.0 Å². The van der Waals surface area contributed by atoms with Gasteiger partial charge in [0.2, 0.25) is 0 Å². The van der Waals surface area contributed by atoms with E-state index in [4.69, 9.17) is 14.2 Å². The predicted molar refractivity (Wildman–Crippen MR) is 142 cm³/mol. The number of nitrogens with zero attached hydrogens (tertiary/aromatic N) is 4. The first-order valence-electron chi connectivity index (χ1n) is 13.2. The number of methoxy groups -OCH3 is 2. The summed E-state index contributed by atoms with van der Waals surface area (Å²) in [5, 5.41) is 0.755. The average Bonchev–Trinajstić information content (AvgIpc) is 3.26. The lowest BCUT2D eigenvalue weighted by molar-refractivity contribution is -0.145. The Morgan fingerprint density at radius 3 is 2.42 bits per heavy atom. The zero-order chi connectivity index (χ0) is 27.7. The molecule has 38 heavy (non-hydrogen) atoms. The van der Waals surface area contributed by atoms with Gasteiger partial charge in [-0.3, -0.25) is 4.79 Å². The Labute approximate surface area is 223 Å². The van der Waals surface area contributed by atoms with E-state index in [0.717, 1.165) is 42.0 Å². The summed E-state index contributed by atoms with van der Waals surface area (Å²) in [6, 6.07) is 2.91. The molecule has 0 atom stereocenters. The molecular formula is C26H39F3N4O4Si. The van der Waals surface area contributed by atoms with Gasteiger partial charge in [0.15, 0.2) is 6.29 Å². The van der Waals surface area contributed by atoms with E-state index < -0.39 is 26.7 Å². The summed E-state index contributed by atoms with van der Waals surface area (Å²) in [5.74, 6) is -0.431. The van der Waals surface area contributed by atoms with Gasteiger partial charge in [0.05, 0.1) is 17.9 Å². The van der Waals surface area contributed by atoms with Crippen LogP contribution in [-0.2, 0) is 20.9 Å². The number of hydrogen-bond acceptors (Lipinski definition) is 6. The second-order valence-corrected chi connectivity index (χ2v) is 17.2. The highest BCUT2D eigenvalue weighted by atomic mass is 28.3. The number of carbonyl (C=O) groups excluding carboxylic acids is 1. The maximum Gasteiger partial charge on any atom is 0.406 e. The molecule has 3 heterocycles. The molecule has 0 unspecified atom stereocenters. The smallest absolute Gasteiger partial charge is 0.361 e. The number of fused-ring (bicyclic) bond motifs is 3. The molecule has 2 aliphatic rings. The third-order valence-electron chi connectivity index (χ3n) is 7.52. The molecule has 1 amide bonds. The predicted octanol–water partition coefficient (Wildman–Crippen LogP) is 5.31. The number of carbonyl (C=O) groups is 1. The van der Waals surface area contributed by atoms with Crippen molar-refractivity contribution in [2.75, 3.05) is 38.9 Å². The van der Waals surface area contributed by atoms with E-state index in [9.17, 15) is 18.0 Å². The SMILES string of the molecule is COC(OC)[C@H]1CC[C@H](N2CN(CC(F)(F)F)C(=O)c3cnc4c(ccn4COCC[Si](C)(C)C)c32)CC1. The largest absolute Gasteiger partial charge is 0.406 e. The van der Waals surface area contributed by atoms with Gasteiger partial charge in [-0.25, -0.2) is 4.98 Å². The third kappa shape index (κ3) is 6.52. The number of amides is 1. The highest BCUT2D eigenvalue weighted by Gasteiger charge is 2.41. The normalized spacial score (nSPS) is 21.0. The Morgan fingerprint density at radius 2 is 1.82 bits per heavy atom. The molecule has 212 valence electrons. The molecule has 1 aliphatic heterocycles. The second-order valence-electron chi connectivity index (χ2n) is 11.5. The number of ether oxygens (including phenoxy) is 3. The van der Waals surface area contributed by atoms with Crippen LogP contribution >= 0.6 is 0 Å². The Kier molecular flexibility index (Phi) is 8.75. The lowest BCUT2D eigenvalue weighted by Crippen LogP contribution is -2.54. The second kappa shape index (κ2) is 11.5. The molecule has 1 fully saturated rings. The molecule has 0 N–H and O–H groups in total. The van der Waals surface area contributed by atoms with Crippen LogP contribution in [0.5, 0.6) is 0 Å². The van der Waals surface area contributed by atoms with Gasteiger partial charge in [-0.05, 0) is 37.8 Å². The zero-order valence-corrected chi connectivity index (χ0v) is 23.9. The number of pyridine rings is 1. The molecule has 1 aliphatic carbocycles. The van der Waals surface area contributed by atoms with E-state index in [0.29, 0.717) is 24.7 Å². The lowest BCUT2D eigenvalue weighted by atomic mass is 9.84. The van der Waals surface area contributed by atoms with Crippen LogP contribution in [-0.4, -0.2) is 81.0 Å². The van der Waals surface area contributed by atoms with Gasteiger partial charge in [-0.15, -0.1) is 0 Å². The van der Waals surface area contributed by atoms with Gasteiger partial charge < -0.3 is 28.6 Å². The Hall–Kier alpha value is -2.15. The molecule has 0 radical (unpaired) electrons. The van der Waals surface area contributed by atoms with Gasteiger partial charge in [-0.1, -0.05) is 19.6 Å². The number of hydrogen-bond donors (Lipinski definition) is 0. The van der Waals surface area contributed by atoms with Crippen molar-refractivity contribution in [2.24, 2.45) is 5.92 Å². The van der Waals surface area contributed by atoms with E-state index >= 15 is 0 Å². The standard InChI is InChI=1S/C26H39F3N4O4Si/c1-35-25(36-2)18-6-8-19(9-7-18)33-16-32(15-26(27,28)29)24(34)21-14-30-23-20(22(21)33)10-11-31(23)17-37-12-13-38(3,4)5/h10-11,14,18-19,25H,6-9,12-13,15-17H2,1-5H3/t18-,19-. The summed E-state index contributed by atoms with van der Waals surface area (Å²) < 4.78 is 58.9. The highest BCUT2D eigenvalue weighted by Crippen LogP contribution is 2.40. The van der Waals surface area contributed by atoms with Crippen LogP contribution < -0.4 is 4.90 Å². The summed E-state index contributed by atoms with van der Waals surface area (Å²) in [6.45, 7) is 6.45.